The number of nitrogens with two attached hydrogens (primary N) is 1. The van der Waals surface area contributed by atoms with Gasteiger partial charge in [-0.2, -0.15) is 39.5 Å². The predicted molar refractivity (Wildman–Crippen MR) is 124 cm³/mol. The van der Waals surface area contributed by atoms with Crippen LogP contribution >= 0.6 is 11.6 Å². The average molecular weight is 585 g/mol. The van der Waals surface area contributed by atoms with Gasteiger partial charge in [0.15, 0.2) is 0 Å². The highest BCUT2D eigenvalue weighted by Crippen LogP contribution is 2.39. The van der Waals surface area contributed by atoms with E-state index in [1.165, 1.54) is 18.2 Å². The second-order valence-electron chi connectivity index (χ2n) is 8.35. The molecule has 0 atom stereocenters. The molecule has 0 aliphatic carbocycles. The van der Waals surface area contributed by atoms with Crippen molar-refractivity contribution in [1.82, 2.24) is 4.90 Å². The summed E-state index contributed by atoms with van der Waals surface area (Å²) in [6, 6.07) is 7.43. The number of nitrogens with zero attached hydrogens (tertiary/aromatic N) is 1. The summed E-state index contributed by atoms with van der Waals surface area (Å²) in [5.41, 5.74) is 1.13. The van der Waals surface area contributed by atoms with E-state index in [1.54, 1.807) is 0 Å². The zero-order chi connectivity index (χ0) is 29.3. The number of hydrogen-bond acceptors (Lipinski definition) is 3. The van der Waals surface area contributed by atoms with Crippen molar-refractivity contribution in [2.75, 3.05) is 12.8 Å². The maximum Gasteiger partial charge on any atom is 0.416 e. The van der Waals surface area contributed by atoms with E-state index in [1.807, 2.05) is 0 Å². The summed E-state index contributed by atoms with van der Waals surface area (Å²) in [4.78, 5) is 13.2. The summed E-state index contributed by atoms with van der Waals surface area (Å²) in [5.74, 6) is 0. The number of halogens is 10. The van der Waals surface area contributed by atoms with E-state index < -0.39 is 60.0 Å². The number of rotatable bonds is 5. The molecule has 0 radical (unpaired) electrons. The van der Waals surface area contributed by atoms with Gasteiger partial charge in [-0.15, -0.1) is 0 Å². The molecule has 3 aromatic carbocycles. The Balaban J connectivity index is 2.15. The van der Waals surface area contributed by atoms with Crippen LogP contribution < -0.4 is 5.73 Å². The van der Waals surface area contributed by atoms with Gasteiger partial charge in [-0.05, 0) is 65.2 Å². The standard InChI is InChI=1S/C25H18ClF9N2O2/c1-39-22(38)37(11-13-6-16(24(30,31)32)9-17(7-13)25(33,34)35)12-14-8-15(23(27,28)29)2-4-19(14)20-10-18(36)3-5-21(20)26/h2-10H,11-12,36H2,1H3. The Morgan fingerprint density at radius 2 is 1.33 bits per heavy atom. The van der Waals surface area contributed by atoms with E-state index >= 15 is 0 Å². The van der Waals surface area contributed by atoms with E-state index in [4.69, 9.17) is 17.3 Å². The van der Waals surface area contributed by atoms with Crippen LogP contribution in [0.15, 0.2) is 54.6 Å². The van der Waals surface area contributed by atoms with Gasteiger partial charge in [-0.25, -0.2) is 4.79 Å². The maximum absolute atomic E-state index is 13.5. The van der Waals surface area contributed by atoms with Gasteiger partial charge in [0.2, 0.25) is 0 Å². The van der Waals surface area contributed by atoms with Crippen molar-refractivity contribution in [1.29, 1.82) is 0 Å². The summed E-state index contributed by atoms with van der Waals surface area (Å²) in [5, 5.41) is 0.0857. The van der Waals surface area contributed by atoms with E-state index in [2.05, 4.69) is 4.74 Å². The highest BCUT2D eigenvalue weighted by atomic mass is 35.5. The molecule has 0 fully saturated rings. The highest BCUT2D eigenvalue weighted by molar-refractivity contribution is 6.33. The Morgan fingerprint density at radius 1 is 0.769 bits per heavy atom. The quantitative estimate of drug-likeness (QED) is 0.242. The highest BCUT2D eigenvalue weighted by Gasteiger charge is 2.37. The number of benzene rings is 3. The zero-order valence-corrected chi connectivity index (χ0v) is 20.5. The molecule has 0 aliphatic rings. The average Bonchev–Trinajstić information content (AvgIpc) is 2.83. The molecule has 3 rings (SSSR count). The van der Waals surface area contributed by atoms with Crippen LogP contribution in [0.3, 0.4) is 0 Å². The maximum atomic E-state index is 13.5. The Bertz CT molecular complexity index is 1340. The topological polar surface area (TPSA) is 55.6 Å². The van der Waals surface area contributed by atoms with Crippen molar-refractivity contribution >= 4 is 23.4 Å². The third-order valence-corrected chi connectivity index (χ3v) is 5.86. The van der Waals surface area contributed by atoms with Crippen LogP contribution in [0.2, 0.25) is 5.02 Å². The Labute approximate surface area is 220 Å². The van der Waals surface area contributed by atoms with Crippen LogP contribution in [0.5, 0.6) is 0 Å². The number of methoxy groups -OCH3 is 1. The minimum absolute atomic E-state index is 0.0846. The summed E-state index contributed by atoms with van der Waals surface area (Å²) >= 11 is 6.21. The molecule has 39 heavy (non-hydrogen) atoms. The van der Waals surface area contributed by atoms with Crippen LogP contribution in [0.4, 0.5) is 50.0 Å². The molecule has 0 unspecified atom stereocenters. The molecule has 0 aromatic heterocycles. The molecular weight excluding hydrogens is 567 g/mol. The number of carbonyl (C=O) groups excluding carboxylic acids is 1. The van der Waals surface area contributed by atoms with Crippen LogP contribution in [-0.2, 0) is 36.4 Å². The number of nitrogen functional groups attached to an aromatic ring is 1. The monoisotopic (exact) mass is 584 g/mol. The molecule has 4 nitrogen and oxygen atoms in total. The Morgan fingerprint density at radius 3 is 1.85 bits per heavy atom. The zero-order valence-electron chi connectivity index (χ0n) is 19.7. The largest absolute Gasteiger partial charge is 0.453 e. The lowest BCUT2D eigenvalue weighted by Gasteiger charge is -2.25. The summed E-state index contributed by atoms with van der Waals surface area (Å²) < 4.78 is 125. The van der Waals surface area contributed by atoms with Crippen LogP contribution in [-0.4, -0.2) is 18.1 Å². The number of carbonyl (C=O) groups is 1. The number of amides is 1. The van der Waals surface area contributed by atoms with Gasteiger partial charge in [0, 0.05) is 29.4 Å². The van der Waals surface area contributed by atoms with Crippen LogP contribution in [0.25, 0.3) is 11.1 Å². The molecule has 3 aromatic rings. The van der Waals surface area contributed by atoms with E-state index in [0.29, 0.717) is 23.1 Å². The third-order valence-electron chi connectivity index (χ3n) is 5.53. The second-order valence-corrected chi connectivity index (χ2v) is 8.76. The summed E-state index contributed by atoms with van der Waals surface area (Å²) in [6.07, 6.45) is -16.3. The molecule has 1 amide bonds. The molecule has 0 aliphatic heterocycles. The van der Waals surface area contributed by atoms with Crippen LogP contribution in [0.1, 0.15) is 27.8 Å². The van der Waals surface area contributed by atoms with Crippen molar-refractivity contribution in [3.8, 4) is 11.1 Å². The van der Waals surface area contributed by atoms with Crippen molar-refractivity contribution in [2.24, 2.45) is 0 Å². The predicted octanol–water partition coefficient (Wildman–Crippen LogP) is 8.41. The minimum atomic E-state index is -5.15. The fourth-order valence-electron chi connectivity index (χ4n) is 3.76. The third kappa shape index (κ3) is 7.28. The van der Waals surface area contributed by atoms with Gasteiger partial charge >= 0.3 is 24.6 Å². The molecule has 210 valence electrons. The van der Waals surface area contributed by atoms with E-state index in [0.717, 1.165) is 19.2 Å². The first-order valence-corrected chi connectivity index (χ1v) is 11.1. The molecule has 2 N–H and O–H groups in total. The lowest BCUT2D eigenvalue weighted by atomic mass is 9.96. The van der Waals surface area contributed by atoms with Gasteiger partial charge in [-0.3, -0.25) is 4.90 Å². The van der Waals surface area contributed by atoms with Gasteiger partial charge in [0.05, 0.1) is 23.8 Å². The molecule has 0 saturated carbocycles. The first-order valence-electron chi connectivity index (χ1n) is 10.8. The minimum Gasteiger partial charge on any atom is -0.453 e. The van der Waals surface area contributed by atoms with Gasteiger partial charge in [0.25, 0.3) is 0 Å². The molecule has 14 heteroatoms. The van der Waals surface area contributed by atoms with Crippen molar-refractivity contribution in [3.05, 3.63) is 87.4 Å². The number of anilines is 1. The van der Waals surface area contributed by atoms with Gasteiger partial charge < -0.3 is 10.5 Å². The van der Waals surface area contributed by atoms with E-state index in [-0.39, 0.29) is 33.5 Å². The van der Waals surface area contributed by atoms with Crippen molar-refractivity contribution < 1.29 is 49.0 Å². The smallest absolute Gasteiger partial charge is 0.416 e. The lowest BCUT2D eigenvalue weighted by Crippen LogP contribution is -2.30. The second kappa shape index (κ2) is 10.9. The number of ether oxygens (including phenoxy) is 1. The van der Waals surface area contributed by atoms with Crippen molar-refractivity contribution in [3.63, 3.8) is 0 Å². The fraction of sp³-hybridized carbons (Fsp3) is 0.240. The number of alkyl halides is 9. The SMILES string of the molecule is COC(=O)N(Cc1cc(C(F)(F)F)cc(C(F)(F)F)c1)Cc1cc(C(F)(F)F)ccc1-c1cc(N)ccc1Cl. The van der Waals surface area contributed by atoms with Gasteiger partial charge in [-0.1, -0.05) is 17.7 Å². The molecule has 0 heterocycles. The first kappa shape index (κ1) is 29.9. The number of hydrogen-bond donors (Lipinski definition) is 1. The van der Waals surface area contributed by atoms with Crippen LogP contribution in [0, 0.1) is 0 Å². The van der Waals surface area contributed by atoms with Gasteiger partial charge in [0.1, 0.15) is 0 Å². The lowest BCUT2D eigenvalue weighted by molar-refractivity contribution is -0.143. The molecule has 0 saturated heterocycles. The normalized spacial score (nSPS) is 12.4. The summed E-state index contributed by atoms with van der Waals surface area (Å²) in [6.45, 7) is -1.56. The van der Waals surface area contributed by atoms with E-state index in [9.17, 15) is 44.3 Å². The first-order chi connectivity index (χ1) is 17.9. The molecule has 0 spiro atoms. The molecule has 0 bridgehead atoms. The summed E-state index contributed by atoms with van der Waals surface area (Å²) in [7, 11) is 0.893. The molecular formula is C25H18ClF9N2O2. The fourth-order valence-corrected chi connectivity index (χ4v) is 3.98. The van der Waals surface area contributed by atoms with Crippen molar-refractivity contribution in [2.45, 2.75) is 31.6 Å². The Kier molecular flexibility index (Phi) is 8.34. The Hall–Kier alpha value is -3.61.